The van der Waals surface area contributed by atoms with Gasteiger partial charge in [-0.3, -0.25) is 19.4 Å². The number of nitrogens with zero attached hydrogens (tertiary/aromatic N) is 1. The lowest BCUT2D eigenvalue weighted by Gasteiger charge is -2.21. The van der Waals surface area contributed by atoms with Crippen LogP contribution in [0.25, 0.3) is 0 Å². The first-order chi connectivity index (χ1) is 15.5. The summed E-state index contributed by atoms with van der Waals surface area (Å²) < 4.78 is 0. The molecule has 1 aromatic heterocycles. The van der Waals surface area contributed by atoms with Crippen molar-refractivity contribution in [1.82, 2.24) is 20.9 Å². The van der Waals surface area contributed by atoms with Crippen LogP contribution in [0, 0.1) is 0 Å². The van der Waals surface area contributed by atoms with Gasteiger partial charge < -0.3 is 21.1 Å². The van der Waals surface area contributed by atoms with Crippen molar-refractivity contribution in [3.8, 4) is 5.75 Å². The predicted molar refractivity (Wildman–Crippen MR) is 118 cm³/mol. The summed E-state index contributed by atoms with van der Waals surface area (Å²) >= 11 is 0. The number of nitrogens with one attached hydrogen (secondary N) is 3. The maximum absolute atomic E-state index is 12.7. The molecular weight excluding hydrogens is 408 g/mol. The molecule has 0 spiro atoms. The Morgan fingerprint density at radius 3 is 1.91 bits per heavy atom. The van der Waals surface area contributed by atoms with E-state index in [1.807, 2.05) is 0 Å². The number of para-hydroxylation sites is 1. The molecule has 0 unspecified atom stereocenters. The van der Waals surface area contributed by atoms with Crippen LogP contribution in [0.3, 0.4) is 0 Å². The topological polar surface area (TPSA) is 120 Å². The number of carbonyl (C=O) groups excluding carboxylic acids is 3. The van der Waals surface area contributed by atoms with E-state index in [2.05, 4.69) is 20.9 Å². The zero-order valence-corrected chi connectivity index (χ0v) is 17.1. The number of hydrogen-bond donors (Lipinski definition) is 4. The molecule has 0 aliphatic carbocycles. The third kappa shape index (κ3) is 4.65. The lowest BCUT2D eigenvalue weighted by atomic mass is 10.0. The van der Waals surface area contributed by atoms with Gasteiger partial charge in [-0.05, 0) is 36.4 Å². The SMILES string of the molecule is O=C(N[C@@H]1CNC[C@H]1NC(=O)c1ccc(C(=O)c2ccccc2O)cc1)c1ccncc1. The van der Waals surface area contributed by atoms with E-state index >= 15 is 0 Å². The highest BCUT2D eigenvalue weighted by Crippen LogP contribution is 2.20. The number of benzene rings is 2. The number of phenols is 1. The van der Waals surface area contributed by atoms with Crippen molar-refractivity contribution < 1.29 is 19.5 Å². The summed E-state index contributed by atoms with van der Waals surface area (Å²) in [6, 6.07) is 15.3. The number of carbonyl (C=O) groups is 3. The largest absolute Gasteiger partial charge is 0.507 e. The first-order valence-electron chi connectivity index (χ1n) is 10.2. The Hall–Kier alpha value is -4.04. The number of pyridine rings is 1. The van der Waals surface area contributed by atoms with Crippen molar-refractivity contribution in [2.75, 3.05) is 13.1 Å². The van der Waals surface area contributed by atoms with Crippen molar-refractivity contribution in [2.45, 2.75) is 12.1 Å². The van der Waals surface area contributed by atoms with Crippen LogP contribution in [-0.2, 0) is 0 Å². The number of ketones is 1. The summed E-state index contributed by atoms with van der Waals surface area (Å²) in [6.45, 7) is 1.06. The van der Waals surface area contributed by atoms with Crippen molar-refractivity contribution in [1.29, 1.82) is 0 Å². The minimum Gasteiger partial charge on any atom is -0.507 e. The van der Waals surface area contributed by atoms with Gasteiger partial charge in [-0.1, -0.05) is 24.3 Å². The van der Waals surface area contributed by atoms with Crippen LogP contribution >= 0.6 is 0 Å². The Morgan fingerprint density at radius 2 is 1.31 bits per heavy atom. The molecule has 1 aliphatic rings. The molecule has 0 bridgehead atoms. The van der Waals surface area contributed by atoms with Crippen molar-refractivity contribution in [3.63, 3.8) is 0 Å². The fraction of sp³-hybridized carbons (Fsp3) is 0.167. The molecule has 2 amide bonds. The van der Waals surface area contributed by atoms with Gasteiger partial charge in [0.25, 0.3) is 11.8 Å². The third-order valence-electron chi connectivity index (χ3n) is 5.35. The van der Waals surface area contributed by atoms with Gasteiger partial charge in [0.15, 0.2) is 5.78 Å². The second-order valence-corrected chi connectivity index (χ2v) is 7.48. The summed E-state index contributed by atoms with van der Waals surface area (Å²) in [7, 11) is 0. The fourth-order valence-corrected chi connectivity index (χ4v) is 3.58. The molecule has 1 aliphatic heterocycles. The molecule has 8 heteroatoms. The standard InChI is InChI=1S/C24H22N4O4/c29-21-4-2-1-3-18(21)22(30)15-5-7-16(8-6-15)23(31)27-19-13-26-14-20(19)28-24(32)17-9-11-25-12-10-17/h1-12,19-20,26,29H,13-14H2,(H,27,31)(H,28,32)/t19-,20-/m1/s1. The zero-order chi connectivity index (χ0) is 22.5. The van der Waals surface area contributed by atoms with E-state index in [9.17, 15) is 19.5 Å². The molecule has 3 aromatic rings. The number of aromatic hydroxyl groups is 1. The lowest BCUT2D eigenvalue weighted by molar-refractivity contribution is 0.0896. The highest BCUT2D eigenvalue weighted by atomic mass is 16.3. The Morgan fingerprint density at radius 1 is 0.781 bits per heavy atom. The maximum Gasteiger partial charge on any atom is 0.251 e. The third-order valence-corrected chi connectivity index (χ3v) is 5.35. The Bertz CT molecular complexity index is 1130. The minimum absolute atomic E-state index is 0.0899. The van der Waals surface area contributed by atoms with E-state index in [-0.39, 0.29) is 41.0 Å². The van der Waals surface area contributed by atoms with Gasteiger partial charge in [-0.2, -0.15) is 0 Å². The molecular formula is C24H22N4O4. The average molecular weight is 430 g/mol. The number of phenolic OH excluding ortho intramolecular Hbond substituents is 1. The average Bonchev–Trinajstić information content (AvgIpc) is 3.26. The highest BCUT2D eigenvalue weighted by molar-refractivity contribution is 6.11. The van der Waals surface area contributed by atoms with E-state index in [0.29, 0.717) is 29.8 Å². The number of amides is 2. The molecule has 2 heterocycles. The van der Waals surface area contributed by atoms with E-state index in [1.165, 1.54) is 6.07 Å². The van der Waals surface area contributed by atoms with Gasteiger partial charge in [0.1, 0.15) is 5.75 Å². The van der Waals surface area contributed by atoms with Gasteiger partial charge in [0.2, 0.25) is 0 Å². The van der Waals surface area contributed by atoms with Gasteiger partial charge in [0, 0.05) is 42.2 Å². The molecule has 2 atom stereocenters. The van der Waals surface area contributed by atoms with Crippen molar-refractivity contribution in [2.24, 2.45) is 0 Å². The van der Waals surface area contributed by atoms with Gasteiger partial charge in [-0.15, -0.1) is 0 Å². The van der Waals surface area contributed by atoms with E-state index < -0.39 is 0 Å². The Labute approximate surface area is 184 Å². The second-order valence-electron chi connectivity index (χ2n) is 7.48. The second kappa shape index (κ2) is 9.40. The summed E-state index contributed by atoms with van der Waals surface area (Å²) in [5.74, 6) is -0.947. The van der Waals surface area contributed by atoms with Crippen LogP contribution in [0.2, 0.25) is 0 Å². The van der Waals surface area contributed by atoms with E-state index in [0.717, 1.165) is 0 Å². The Kier molecular flexibility index (Phi) is 6.23. The first kappa shape index (κ1) is 21.2. The van der Waals surface area contributed by atoms with Crippen LogP contribution in [0.1, 0.15) is 36.6 Å². The molecule has 8 nitrogen and oxygen atoms in total. The number of aromatic nitrogens is 1. The normalized spacial score (nSPS) is 17.5. The van der Waals surface area contributed by atoms with Crippen molar-refractivity contribution >= 4 is 17.6 Å². The number of hydrogen-bond acceptors (Lipinski definition) is 6. The minimum atomic E-state index is -0.325. The molecule has 1 fully saturated rings. The molecule has 32 heavy (non-hydrogen) atoms. The predicted octanol–water partition coefficient (Wildman–Crippen LogP) is 1.52. The Balaban J connectivity index is 1.39. The summed E-state index contributed by atoms with van der Waals surface area (Å²) in [4.78, 5) is 41.6. The monoisotopic (exact) mass is 430 g/mol. The quantitative estimate of drug-likeness (QED) is 0.440. The van der Waals surface area contributed by atoms with Crippen LogP contribution in [0.4, 0.5) is 0 Å². The van der Waals surface area contributed by atoms with E-state index in [1.54, 1.807) is 67.0 Å². The molecule has 2 aromatic carbocycles. The van der Waals surface area contributed by atoms with Crippen LogP contribution in [0.15, 0.2) is 73.1 Å². The highest BCUT2D eigenvalue weighted by Gasteiger charge is 2.30. The molecule has 4 N–H and O–H groups in total. The smallest absolute Gasteiger partial charge is 0.251 e. The van der Waals surface area contributed by atoms with Crippen LogP contribution < -0.4 is 16.0 Å². The number of rotatable bonds is 6. The fourth-order valence-electron chi connectivity index (χ4n) is 3.58. The van der Waals surface area contributed by atoms with E-state index in [4.69, 9.17) is 0 Å². The maximum atomic E-state index is 12.7. The van der Waals surface area contributed by atoms with Gasteiger partial charge >= 0.3 is 0 Å². The van der Waals surface area contributed by atoms with Gasteiger partial charge in [-0.25, -0.2) is 0 Å². The molecule has 162 valence electrons. The summed E-state index contributed by atoms with van der Waals surface area (Å²) in [5.41, 5.74) is 1.47. The van der Waals surface area contributed by atoms with Crippen molar-refractivity contribution in [3.05, 3.63) is 95.3 Å². The van der Waals surface area contributed by atoms with Gasteiger partial charge in [0.05, 0.1) is 17.6 Å². The van der Waals surface area contributed by atoms with Crippen LogP contribution in [-0.4, -0.2) is 52.9 Å². The molecule has 0 radical (unpaired) electrons. The molecule has 4 rings (SSSR count). The lowest BCUT2D eigenvalue weighted by Crippen LogP contribution is -2.51. The zero-order valence-electron chi connectivity index (χ0n) is 17.1. The first-order valence-corrected chi connectivity index (χ1v) is 10.2. The summed E-state index contributed by atoms with van der Waals surface area (Å²) in [5, 5.41) is 18.9. The molecule has 0 saturated carbocycles. The van der Waals surface area contributed by atoms with Crippen LogP contribution in [0.5, 0.6) is 5.75 Å². The molecule has 1 saturated heterocycles. The summed E-state index contributed by atoms with van der Waals surface area (Å²) in [6.07, 6.45) is 3.10.